The van der Waals surface area contributed by atoms with E-state index in [-0.39, 0.29) is 17.7 Å². The lowest BCUT2D eigenvalue weighted by molar-refractivity contribution is -0.141. The zero-order valence-corrected chi connectivity index (χ0v) is 16.9. The number of imidazole rings is 1. The molecule has 1 unspecified atom stereocenters. The van der Waals surface area contributed by atoms with Gasteiger partial charge in [0.15, 0.2) is 5.82 Å². The molecule has 154 valence electrons. The van der Waals surface area contributed by atoms with E-state index in [1.54, 1.807) is 25.5 Å². The third-order valence-electron chi connectivity index (χ3n) is 6.04. The molecule has 2 aromatic heterocycles. The molecule has 2 fully saturated rings. The van der Waals surface area contributed by atoms with Gasteiger partial charge in [-0.1, -0.05) is 0 Å². The average molecular weight is 396 g/mol. The summed E-state index contributed by atoms with van der Waals surface area (Å²) in [6, 6.07) is 0. The van der Waals surface area contributed by atoms with Crippen molar-refractivity contribution >= 4 is 11.8 Å². The Balaban J connectivity index is 1.35. The SMILES string of the molecule is CC(=O)N1CCC(C(=O)N2CCCC(Cc3cncc(-c4ncc[nH]4)n3)C2)CC1. The van der Waals surface area contributed by atoms with Gasteiger partial charge in [-0.05, 0) is 38.0 Å². The van der Waals surface area contributed by atoms with Crippen molar-refractivity contribution < 1.29 is 9.59 Å². The maximum absolute atomic E-state index is 13.0. The number of carbonyl (C=O) groups is 2. The number of nitrogens with one attached hydrogen (secondary N) is 1. The van der Waals surface area contributed by atoms with Gasteiger partial charge in [0, 0.05) is 57.6 Å². The predicted octanol–water partition coefficient (Wildman–Crippen LogP) is 1.91. The molecule has 2 aliphatic rings. The minimum Gasteiger partial charge on any atom is -0.343 e. The van der Waals surface area contributed by atoms with Crippen molar-refractivity contribution in [3.05, 3.63) is 30.5 Å². The number of amides is 2. The lowest BCUT2D eigenvalue weighted by atomic mass is 9.90. The zero-order chi connectivity index (χ0) is 20.2. The Morgan fingerprint density at radius 3 is 2.69 bits per heavy atom. The quantitative estimate of drug-likeness (QED) is 0.852. The highest BCUT2D eigenvalue weighted by Crippen LogP contribution is 2.25. The minimum absolute atomic E-state index is 0.0476. The summed E-state index contributed by atoms with van der Waals surface area (Å²) in [5.41, 5.74) is 1.68. The molecule has 0 radical (unpaired) electrons. The number of hydrogen-bond acceptors (Lipinski definition) is 5. The van der Waals surface area contributed by atoms with Gasteiger partial charge in [0.25, 0.3) is 0 Å². The minimum atomic E-state index is 0.0476. The molecular formula is C21H28N6O2. The monoisotopic (exact) mass is 396 g/mol. The molecule has 1 atom stereocenters. The summed E-state index contributed by atoms with van der Waals surface area (Å²) >= 11 is 0. The maximum Gasteiger partial charge on any atom is 0.225 e. The number of carbonyl (C=O) groups excluding carboxylic acids is 2. The van der Waals surface area contributed by atoms with Crippen molar-refractivity contribution in [2.45, 2.75) is 39.0 Å². The van der Waals surface area contributed by atoms with Gasteiger partial charge in [0.1, 0.15) is 5.69 Å². The number of aromatic amines is 1. The molecule has 0 aromatic carbocycles. The van der Waals surface area contributed by atoms with Gasteiger partial charge < -0.3 is 14.8 Å². The van der Waals surface area contributed by atoms with Crippen LogP contribution in [0.15, 0.2) is 24.8 Å². The summed E-state index contributed by atoms with van der Waals surface area (Å²) in [5, 5.41) is 0. The highest BCUT2D eigenvalue weighted by molar-refractivity contribution is 5.80. The molecule has 8 heteroatoms. The predicted molar refractivity (Wildman–Crippen MR) is 108 cm³/mol. The first-order valence-corrected chi connectivity index (χ1v) is 10.4. The van der Waals surface area contributed by atoms with E-state index in [4.69, 9.17) is 4.98 Å². The van der Waals surface area contributed by atoms with Crippen LogP contribution in [0, 0.1) is 11.8 Å². The number of rotatable bonds is 4. The Morgan fingerprint density at radius 2 is 1.97 bits per heavy atom. The molecule has 1 N–H and O–H groups in total. The van der Waals surface area contributed by atoms with Crippen molar-refractivity contribution in [3.8, 4) is 11.5 Å². The van der Waals surface area contributed by atoms with Crippen LogP contribution in [0.25, 0.3) is 11.5 Å². The van der Waals surface area contributed by atoms with Crippen LogP contribution in [-0.4, -0.2) is 67.7 Å². The van der Waals surface area contributed by atoms with E-state index in [0.717, 1.165) is 62.4 Å². The van der Waals surface area contributed by atoms with Crippen molar-refractivity contribution in [2.75, 3.05) is 26.2 Å². The first kappa shape index (κ1) is 19.5. The van der Waals surface area contributed by atoms with Crippen LogP contribution in [0.1, 0.15) is 38.3 Å². The van der Waals surface area contributed by atoms with Crippen LogP contribution in [0.4, 0.5) is 0 Å². The number of likely N-dealkylation sites (tertiary alicyclic amines) is 2. The summed E-state index contributed by atoms with van der Waals surface area (Å²) in [6.07, 6.45) is 11.5. The van der Waals surface area contributed by atoms with E-state index in [0.29, 0.717) is 19.0 Å². The molecule has 8 nitrogen and oxygen atoms in total. The highest BCUT2D eigenvalue weighted by Gasteiger charge is 2.32. The zero-order valence-electron chi connectivity index (χ0n) is 16.9. The first-order chi connectivity index (χ1) is 14.1. The Labute approximate surface area is 170 Å². The molecule has 4 heterocycles. The topological polar surface area (TPSA) is 95.1 Å². The van der Waals surface area contributed by atoms with Crippen LogP contribution < -0.4 is 0 Å². The molecule has 2 aliphatic heterocycles. The van der Waals surface area contributed by atoms with Gasteiger partial charge in [0.05, 0.1) is 11.9 Å². The normalized spacial score (nSPS) is 20.7. The fraction of sp³-hybridized carbons (Fsp3) is 0.571. The fourth-order valence-electron chi connectivity index (χ4n) is 4.45. The number of aromatic nitrogens is 4. The van der Waals surface area contributed by atoms with Crippen LogP contribution in [0.2, 0.25) is 0 Å². The van der Waals surface area contributed by atoms with Gasteiger partial charge in [0.2, 0.25) is 11.8 Å². The van der Waals surface area contributed by atoms with Crippen molar-refractivity contribution in [1.82, 2.24) is 29.7 Å². The van der Waals surface area contributed by atoms with Crippen molar-refractivity contribution in [3.63, 3.8) is 0 Å². The van der Waals surface area contributed by atoms with Crippen LogP contribution in [0.3, 0.4) is 0 Å². The summed E-state index contributed by atoms with van der Waals surface area (Å²) in [5.74, 6) is 1.52. The van der Waals surface area contributed by atoms with Crippen molar-refractivity contribution in [1.29, 1.82) is 0 Å². The van der Waals surface area contributed by atoms with E-state index in [1.807, 2.05) is 16.0 Å². The average Bonchev–Trinajstić information content (AvgIpc) is 3.29. The van der Waals surface area contributed by atoms with Gasteiger partial charge in [-0.2, -0.15) is 0 Å². The molecule has 0 bridgehead atoms. The van der Waals surface area contributed by atoms with Gasteiger partial charge >= 0.3 is 0 Å². The molecule has 2 amide bonds. The smallest absolute Gasteiger partial charge is 0.225 e. The van der Waals surface area contributed by atoms with Gasteiger partial charge in [-0.15, -0.1) is 0 Å². The molecule has 4 rings (SSSR count). The van der Waals surface area contributed by atoms with E-state index in [9.17, 15) is 9.59 Å². The Bertz CT molecular complexity index is 845. The van der Waals surface area contributed by atoms with Gasteiger partial charge in [-0.25, -0.2) is 9.97 Å². The van der Waals surface area contributed by atoms with E-state index in [1.165, 1.54) is 0 Å². The Morgan fingerprint density at radius 1 is 1.14 bits per heavy atom. The highest BCUT2D eigenvalue weighted by atomic mass is 16.2. The third kappa shape index (κ3) is 4.63. The number of nitrogens with zero attached hydrogens (tertiary/aromatic N) is 5. The van der Waals surface area contributed by atoms with Crippen molar-refractivity contribution in [2.24, 2.45) is 11.8 Å². The molecule has 29 heavy (non-hydrogen) atoms. The lowest BCUT2D eigenvalue weighted by Crippen LogP contribution is -2.47. The third-order valence-corrected chi connectivity index (χ3v) is 6.04. The second-order valence-corrected chi connectivity index (χ2v) is 8.11. The summed E-state index contributed by atoms with van der Waals surface area (Å²) in [6.45, 7) is 4.59. The fourth-order valence-corrected chi connectivity index (χ4v) is 4.45. The largest absolute Gasteiger partial charge is 0.343 e. The Kier molecular flexibility index (Phi) is 5.87. The van der Waals surface area contributed by atoms with Crippen LogP contribution >= 0.6 is 0 Å². The maximum atomic E-state index is 13.0. The van der Waals surface area contributed by atoms with E-state index >= 15 is 0 Å². The second-order valence-electron chi connectivity index (χ2n) is 8.11. The van der Waals surface area contributed by atoms with E-state index < -0.39 is 0 Å². The van der Waals surface area contributed by atoms with E-state index in [2.05, 4.69) is 15.0 Å². The number of piperidine rings is 2. The Hall–Kier alpha value is -2.77. The molecule has 0 aliphatic carbocycles. The molecule has 0 spiro atoms. The molecule has 0 saturated carbocycles. The van der Waals surface area contributed by atoms with Crippen LogP contribution in [-0.2, 0) is 16.0 Å². The number of H-pyrrole nitrogens is 1. The summed E-state index contributed by atoms with van der Waals surface area (Å²) in [7, 11) is 0. The summed E-state index contributed by atoms with van der Waals surface area (Å²) < 4.78 is 0. The summed E-state index contributed by atoms with van der Waals surface area (Å²) in [4.78, 5) is 44.7. The molecule has 2 aromatic rings. The van der Waals surface area contributed by atoms with Gasteiger partial charge in [-0.3, -0.25) is 14.6 Å². The standard InChI is InChI=1S/C21H28N6O2/c1-15(28)26-9-4-17(5-10-26)21(29)27-8-2-3-16(14-27)11-18-12-22-13-19(25-18)20-23-6-7-24-20/h6-7,12-13,16-17H,2-5,8-11,14H2,1H3,(H,23,24). The second kappa shape index (κ2) is 8.71. The number of hydrogen-bond donors (Lipinski definition) is 1. The molecular weight excluding hydrogens is 368 g/mol. The lowest BCUT2D eigenvalue weighted by Gasteiger charge is -2.37. The first-order valence-electron chi connectivity index (χ1n) is 10.4. The molecule has 2 saturated heterocycles. The van der Waals surface area contributed by atoms with Crippen LogP contribution in [0.5, 0.6) is 0 Å².